The molecule has 0 aliphatic carbocycles. The third kappa shape index (κ3) is 5.61. The van der Waals surface area contributed by atoms with Crippen LogP contribution in [0, 0.1) is 12.8 Å². The Morgan fingerprint density at radius 3 is 2.40 bits per heavy atom. The van der Waals surface area contributed by atoms with Gasteiger partial charge in [-0.3, -0.25) is 0 Å². The summed E-state index contributed by atoms with van der Waals surface area (Å²) in [6, 6.07) is 14.6. The number of carbonyl (C=O) groups is 1. The molecule has 0 bridgehead atoms. The molecule has 1 fully saturated rings. The van der Waals surface area contributed by atoms with E-state index in [0.29, 0.717) is 30.4 Å². The number of carbonyl (C=O) groups excluding carboxylic acids is 1. The van der Waals surface area contributed by atoms with Crippen LogP contribution in [0.15, 0.2) is 53.4 Å². The standard InChI is InChI=1S/C23H31N3O3S/c1-3-20-6-4-5-7-22(20)25-23(27)24-15-12-19-13-16-26(17-14-19)30(28,29)21-10-8-18(2)9-11-21/h4-11,19H,3,12-17H2,1-2H3,(H2,24,25,27). The Morgan fingerprint density at radius 2 is 1.73 bits per heavy atom. The Balaban J connectivity index is 1.43. The van der Waals surface area contributed by atoms with Gasteiger partial charge >= 0.3 is 6.03 Å². The number of urea groups is 1. The molecular formula is C23H31N3O3S. The summed E-state index contributed by atoms with van der Waals surface area (Å²) >= 11 is 0. The zero-order chi connectivity index (χ0) is 21.6. The van der Waals surface area contributed by atoms with Gasteiger partial charge in [0.05, 0.1) is 4.90 Å². The number of hydrogen-bond donors (Lipinski definition) is 2. The summed E-state index contributed by atoms with van der Waals surface area (Å²) in [4.78, 5) is 12.5. The molecule has 1 aliphatic rings. The van der Waals surface area contributed by atoms with E-state index >= 15 is 0 Å². The number of para-hydroxylation sites is 1. The predicted molar refractivity (Wildman–Crippen MR) is 120 cm³/mol. The van der Waals surface area contributed by atoms with Crippen molar-refractivity contribution in [2.45, 2.75) is 44.4 Å². The summed E-state index contributed by atoms with van der Waals surface area (Å²) in [7, 11) is -3.42. The van der Waals surface area contributed by atoms with Crippen molar-refractivity contribution in [3.63, 3.8) is 0 Å². The van der Waals surface area contributed by atoms with Crippen LogP contribution in [-0.2, 0) is 16.4 Å². The van der Waals surface area contributed by atoms with E-state index in [0.717, 1.165) is 42.5 Å². The molecule has 7 heteroatoms. The highest BCUT2D eigenvalue weighted by atomic mass is 32.2. The Labute approximate surface area is 179 Å². The number of sulfonamides is 1. The number of benzene rings is 2. The molecule has 0 spiro atoms. The van der Waals surface area contributed by atoms with Gasteiger partial charge in [-0.05, 0) is 62.3 Å². The molecule has 30 heavy (non-hydrogen) atoms. The van der Waals surface area contributed by atoms with E-state index in [4.69, 9.17) is 0 Å². The van der Waals surface area contributed by atoms with Crippen molar-refractivity contribution in [1.29, 1.82) is 0 Å². The van der Waals surface area contributed by atoms with E-state index in [1.165, 1.54) is 0 Å². The molecule has 0 saturated carbocycles. The topological polar surface area (TPSA) is 78.5 Å². The van der Waals surface area contributed by atoms with Gasteiger partial charge in [0, 0.05) is 25.3 Å². The van der Waals surface area contributed by atoms with Crippen LogP contribution in [0.1, 0.15) is 37.3 Å². The number of hydrogen-bond acceptors (Lipinski definition) is 3. The van der Waals surface area contributed by atoms with Gasteiger partial charge in [-0.2, -0.15) is 4.31 Å². The van der Waals surface area contributed by atoms with E-state index in [2.05, 4.69) is 17.6 Å². The zero-order valence-corrected chi connectivity index (χ0v) is 18.5. The molecule has 2 aromatic rings. The fraction of sp³-hybridized carbons (Fsp3) is 0.435. The van der Waals surface area contributed by atoms with Crippen molar-refractivity contribution in [3.05, 3.63) is 59.7 Å². The molecular weight excluding hydrogens is 398 g/mol. The molecule has 162 valence electrons. The SMILES string of the molecule is CCc1ccccc1NC(=O)NCCC1CCN(S(=O)(=O)c2ccc(C)cc2)CC1. The van der Waals surface area contributed by atoms with Crippen LogP contribution in [0.3, 0.4) is 0 Å². The number of nitrogens with zero attached hydrogens (tertiary/aromatic N) is 1. The molecule has 2 aromatic carbocycles. The normalized spacial score (nSPS) is 15.7. The highest BCUT2D eigenvalue weighted by Crippen LogP contribution is 2.25. The minimum absolute atomic E-state index is 0.199. The minimum atomic E-state index is -3.42. The van der Waals surface area contributed by atoms with Gasteiger partial charge in [0.1, 0.15) is 0 Å². The summed E-state index contributed by atoms with van der Waals surface area (Å²) in [6.45, 7) is 5.63. The maximum absolute atomic E-state index is 12.8. The second-order valence-electron chi connectivity index (χ2n) is 7.84. The third-order valence-electron chi connectivity index (χ3n) is 5.72. The fourth-order valence-electron chi connectivity index (χ4n) is 3.80. The molecule has 0 unspecified atom stereocenters. The van der Waals surface area contributed by atoms with Crippen LogP contribution in [0.5, 0.6) is 0 Å². The Morgan fingerprint density at radius 1 is 1.07 bits per heavy atom. The first-order chi connectivity index (χ1) is 14.4. The van der Waals surface area contributed by atoms with Crippen LogP contribution < -0.4 is 10.6 Å². The summed E-state index contributed by atoms with van der Waals surface area (Å²) < 4.78 is 27.2. The third-order valence-corrected chi connectivity index (χ3v) is 7.63. The van der Waals surface area contributed by atoms with E-state index in [1.54, 1.807) is 16.4 Å². The van der Waals surface area contributed by atoms with Gasteiger partial charge in [-0.25, -0.2) is 13.2 Å². The number of nitrogens with one attached hydrogen (secondary N) is 2. The maximum atomic E-state index is 12.8. The van der Waals surface area contributed by atoms with Crippen LogP contribution >= 0.6 is 0 Å². The number of aryl methyl sites for hydroxylation is 2. The van der Waals surface area contributed by atoms with E-state index in [1.807, 2.05) is 43.3 Å². The second-order valence-corrected chi connectivity index (χ2v) is 9.78. The smallest absolute Gasteiger partial charge is 0.319 e. The lowest BCUT2D eigenvalue weighted by atomic mass is 9.95. The van der Waals surface area contributed by atoms with Crippen LogP contribution in [0.25, 0.3) is 0 Å². The first-order valence-corrected chi connectivity index (χ1v) is 12.0. The van der Waals surface area contributed by atoms with E-state index < -0.39 is 10.0 Å². The van der Waals surface area contributed by atoms with Crippen molar-refractivity contribution < 1.29 is 13.2 Å². The minimum Gasteiger partial charge on any atom is -0.338 e. The molecule has 2 amide bonds. The molecule has 1 heterocycles. The lowest BCUT2D eigenvalue weighted by Gasteiger charge is -2.31. The average molecular weight is 430 g/mol. The molecule has 6 nitrogen and oxygen atoms in total. The molecule has 0 aromatic heterocycles. The average Bonchev–Trinajstić information content (AvgIpc) is 2.75. The monoisotopic (exact) mass is 429 g/mol. The molecule has 0 radical (unpaired) electrons. The van der Waals surface area contributed by atoms with Gasteiger partial charge < -0.3 is 10.6 Å². The van der Waals surface area contributed by atoms with Crippen molar-refractivity contribution in [2.24, 2.45) is 5.92 Å². The number of piperidine rings is 1. The Kier molecular flexibility index (Phi) is 7.50. The van der Waals surface area contributed by atoms with Crippen LogP contribution in [0.2, 0.25) is 0 Å². The van der Waals surface area contributed by atoms with E-state index in [-0.39, 0.29) is 6.03 Å². The summed E-state index contributed by atoms with van der Waals surface area (Å²) in [6.07, 6.45) is 3.34. The highest BCUT2D eigenvalue weighted by Gasteiger charge is 2.29. The predicted octanol–water partition coefficient (Wildman–Crippen LogP) is 4.17. The van der Waals surface area contributed by atoms with Crippen molar-refractivity contribution in [2.75, 3.05) is 25.0 Å². The molecule has 1 aliphatic heterocycles. The fourth-order valence-corrected chi connectivity index (χ4v) is 5.27. The first kappa shape index (κ1) is 22.3. The van der Waals surface area contributed by atoms with Gasteiger partial charge in [0.15, 0.2) is 0 Å². The van der Waals surface area contributed by atoms with Crippen molar-refractivity contribution in [1.82, 2.24) is 9.62 Å². The quantitative estimate of drug-likeness (QED) is 0.693. The number of rotatable bonds is 7. The van der Waals surface area contributed by atoms with Gasteiger partial charge in [-0.1, -0.05) is 42.8 Å². The molecule has 2 N–H and O–H groups in total. The Bertz CT molecular complexity index is 950. The summed E-state index contributed by atoms with van der Waals surface area (Å²) in [5.74, 6) is 0.415. The van der Waals surface area contributed by atoms with E-state index in [9.17, 15) is 13.2 Å². The molecule has 3 rings (SSSR count). The number of amides is 2. The summed E-state index contributed by atoms with van der Waals surface area (Å²) in [5, 5.41) is 5.83. The van der Waals surface area contributed by atoms with Gasteiger partial charge in [0.2, 0.25) is 10.0 Å². The molecule has 0 atom stereocenters. The van der Waals surface area contributed by atoms with Gasteiger partial charge in [-0.15, -0.1) is 0 Å². The maximum Gasteiger partial charge on any atom is 0.319 e. The highest BCUT2D eigenvalue weighted by molar-refractivity contribution is 7.89. The van der Waals surface area contributed by atoms with Crippen molar-refractivity contribution >= 4 is 21.7 Å². The zero-order valence-electron chi connectivity index (χ0n) is 17.7. The Hall–Kier alpha value is -2.38. The number of anilines is 1. The van der Waals surface area contributed by atoms with Crippen LogP contribution in [0.4, 0.5) is 10.5 Å². The first-order valence-electron chi connectivity index (χ1n) is 10.6. The largest absolute Gasteiger partial charge is 0.338 e. The van der Waals surface area contributed by atoms with Crippen molar-refractivity contribution in [3.8, 4) is 0 Å². The van der Waals surface area contributed by atoms with Crippen LogP contribution in [-0.4, -0.2) is 38.4 Å². The molecule has 1 saturated heterocycles. The van der Waals surface area contributed by atoms with Gasteiger partial charge in [0.25, 0.3) is 0 Å². The second kappa shape index (κ2) is 10.1. The summed E-state index contributed by atoms with van der Waals surface area (Å²) in [5.41, 5.74) is 2.99. The lowest BCUT2D eigenvalue weighted by Crippen LogP contribution is -2.39. The lowest BCUT2D eigenvalue weighted by molar-refractivity contribution is 0.245.